The van der Waals surface area contributed by atoms with Gasteiger partial charge in [0.15, 0.2) is 0 Å². The summed E-state index contributed by atoms with van der Waals surface area (Å²) in [5.41, 5.74) is 6.38. The topological polar surface area (TPSA) is 113 Å². The molecule has 7 heteroatoms. The van der Waals surface area contributed by atoms with E-state index in [4.69, 9.17) is 10.3 Å². The van der Waals surface area contributed by atoms with Gasteiger partial charge in [-0.25, -0.2) is 0 Å². The molecular formula is C11H16N2O4S. The van der Waals surface area contributed by atoms with Gasteiger partial charge in [0.1, 0.15) is 0 Å². The predicted molar refractivity (Wildman–Crippen MR) is 66.9 cm³/mol. The first kappa shape index (κ1) is 13.3. The van der Waals surface area contributed by atoms with Crippen molar-refractivity contribution in [2.75, 3.05) is 5.32 Å². The molecule has 1 aliphatic carbocycles. The molecular weight excluding hydrogens is 256 g/mol. The molecule has 1 aliphatic rings. The van der Waals surface area contributed by atoms with Gasteiger partial charge in [0.2, 0.25) is 0 Å². The van der Waals surface area contributed by atoms with Crippen LogP contribution in [0.5, 0.6) is 0 Å². The van der Waals surface area contributed by atoms with Crippen molar-refractivity contribution in [2.45, 2.75) is 35.9 Å². The van der Waals surface area contributed by atoms with Crippen LogP contribution in [0.15, 0.2) is 29.2 Å². The van der Waals surface area contributed by atoms with Crippen LogP contribution in [0.1, 0.15) is 12.8 Å². The first-order valence-electron chi connectivity index (χ1n) is 5.65. The zero-order chi connectivity index (χ0) is 13.3. The maximum absolute atomic E-state index is 10.9. The molecule has 0 aliphatic heterocycles. The third-order valence-electron chi connectivity index (χ3n) is 3.17. The first-order chi connectivity index (χ1) is 8.38. The summed E-state index contributed by atoms with van der Waals surface area (Å²) >= 11 is 0. The van der Waals surface area contributed by atoms with Gasteiger partial charge < -0.3 is 16.2 Å². The fourth-order valence-electron chi connectivity index (χ4n) is 2.11. The van der Waals surface area contributed by atoms with E-state index in [1.54, 1.807) is 12.1 Å². The van der Waals surface area contributed by atoms with E-state index in [9.17, 15) is 13.5 Å². The second kappa shape index (κ2) is 4.85. The van der Waals surface area contributed by atoms with E-state index in [0.29, 0.717) is 5.69 Å². The molecule has 3 unspecified atom stereocenters. The van der Waals surface area contributed by atoms with Gasteiger partial charge in [-0.05, 0) is 37.1 Å². The minimum Gasteiger partial charge on any atom is -0.389 e. The van der Waals surface area contributed by atoms with Crippen LogP contribution in [0, 0.1) is 0 Å². The van der Waals surface area contributed by atoms with Crippen molar-refractivity contribution in [1.82, 2.24) is 0 Å². The van der Waals surface area contributed by atoms with Gasteiger partial charge in [0.25, 0.3) is 10.1 Å². The largest absolute Gasteiger partial charge is 0.389 e. The first-order valence-corrected chi connectivity index (χ1v) is 7.09. The fourth-order valence-corrected chi connectivity index (χ4v) is 2.59. The lowest BCUT2D eigenvalue weighted by molar-refractivity contribution is 0.155. The van der Waals surface area contributed by atoms with Crippen LogP contribution in [-0.2, 0) is 10.1 Å². The minimum absolute atomic E-state index is 0.128. The molecule has 2 rings (SSSR count). The fraction of sp³-hybridized carbons (Fsp3) is 0.455. The number of anilines is 1. The number of aliphatic hydroxyl groups is 1. The number of rotatable bonds is 3. The lowest BCUT2D eigenvalue weighted by atomic mass is 10.2. The molecule has 0 radical (unpaired) electrons. The molecule has 0 amide bonds. The summed E-state index contributed by atoms with van der Waals surface area (Å²) in [6, 6.07) is 5.34. The molecule has 6 nitrogen and oxygen atoms in total. The Kier molecular flexibility index (Phi) is 3.58. The Morgan fingerprint density at radius 1 is 1.22 bits per heavy atom. The average Bonchev–Trinajstić information content (AvgIpc) is 2.61. The highest BCUT2D eigenvalue weighted by atomic mass is 32.2. The van der Waals surface area contributed by atoms with Crippen molar-refractivity contribution in [1.29, 1.82) is 0 Å². The molecule has 1 aromatic rings. The SMILES string of the molecule is NC1CCC(Nc2ccc(S(=O)(=O)O)cc2)C1O. The third kappa shape index (κ3) is 2.81. The van der Waals surface area contributed by atoms with Crippen molar-refractivity contribution in [3.63, 3.8) is 0 Å². The Hall–Kier alpha value is -1.15. The van der Waals surface area contributed by atoms with Gasteiger partial charge >= 0.3 is 0 Å². The minimum atomic E-state index is -4.16. The standard InChI is InChI=1S/C11H16N2O4S/c12-9-5-6-10(11(9)14)13-7-1-3-8(4-2-7)18(15,16)17/h1-4,9-11,13-14H,5-6,12H2,(H,15,16,17). The summed E-state index contributed by atoms with van der Waals surface area (Å²) in [7, 11) is -4.16. The lowest BCUT2D eigenvalue weighted by Gasteiger charge is -2.19. The number of hydrogen-bond acceptors (Lipinski definition) is 5. The molecule has 0 spiro atoms. The zero-order valence-corrected chi connectivity index (χ0v) is 10.5. The predicted octanol–water partition coefficient (Wildman–Crippen LogP) is 0.196. The van der Waals surface area contributed by atoms with Crippen molar-refractivity contribution in [2.24, 2.45) is 5.73 Å². The van der Waals surface area contributed by atoms with Gasteiger partial charge in [-0.15, -0.1) is 0 Å². The smallest absolute Gasteiger partial charge is 0.294 e. The summed E-state index contributed by atoms with van der Waals surface area (Å²) in [5, 5.41) is 12.9. The van der Waals surface area contributed by atoms with E-state index >= 15 is 0 Å². The van der Waals surface area contributed by atoms with Crippen LogP contribution in [0.4, 0.5) is 5.69 Å². The third-order valence-corrected chi connectivity index (χ3v) is 4.03. The van der Waals surface area contributed by atoms with Gasteiger partial charge in [0, 0.05) is 11.7 Å². The molecule has 100 valence electrons. The molecule has 3 atom stereocenters. The molecule has 0 aromatic heterocycles. The highest BCUT2D eigenvalue weighted by molar-refractivity contribution is 7.85. The van der Waals surface area contributed by atoms with E-state index < -0.39 is 16.2 Å². The summed E-state index contributed by atoms with van der Waals surface area (Å²) in [5.74, 6) is 0. The normalized spacial score (nSPS) is 28.3. The van der Waals surface area contributed by atoms with Crippen molar-refractivity contribution < 1.29 is 18.1 Å². The van der Waals surface area contributed by atoms with Gasteiger partial charge in [-0.2, -0.15) is 8.42 Å². The number of nitrogens with one attached hydrogen (secondary N) is 1. The zero-order valence-electron chi connectivity index (χ0n) is 9.65. The van der Waals surface area contributed by atoms with Gasteiger partial charge in [-0.3, -0.25) is 4.55 Å². The second-order valence-corrected chi connectivity index (χ2v) is 5.90. The van der Waals surface area contributed by atoms with E-state index in [0.717, 1.165) is 12.8 Å². The Balaban J connectivity index is 2.07. The average molecular weight is 272 g/mol. The van der Waals surface area contributed by atoms with E-state index in [2.05, 4.69) is 5.32 Å². The maximum atomic E-state index is 10.9. The molecule has 5 N–H and O–H groups in total. The quantitative estimate of drug-likeness (QED) is 0.584. The lowest BCUT2D eigenvalue weighted by Crippen LogP contribution is -2.38. The van der Waals surface area contributed by atoms with Crippen LogP contribution in [0.2, 0.25) is 0 Å². The van der Waals surface area contributed by atoms with Gasteiger partial charge in [-0.1, -0.05) is 0 Å². The highest BCUT2D eigenvalue weighted by Gasteiger charge is 2.31. The summed E-state index contributed by atoms with van der Waals surface area (Å²) in [6.07, 6.45) is 0.913. The maximum Gasteiger partial charge on any atom is 0.294 e. The molecule has 0 saturated heterocycles. The Morgan fingerprint density at radius 2 is 1.83 bits per heavy atom. The summed E-state index contributed by atoms with van der Waals surface area (Å²) in [6.45, 7) is 0. The second-order valence-electron chi connectivity index (χ2n) is 4.48. The molecule has 1 saturated carbocycles. The number of aliphatic hydroxyl groups excluding tert-OH is 1. The Morgan fingerprint density at radius 3 is 2.28 bits per heavy atom. The Labute approximate surface area is 106 Å². The van der Waals surface area contributed by atoms with Crippen LogP contribution in [0.25, 0.3) is 0 Å². The van der Waals surface area contributed by atoms with E-state index in [1.165, 1.54) is 12.1 Å². The van der Waals surface area contributed by atoms with Crippen LogP contribution in [-0.4, -0.2) is 36.3 Å². The van der Waals surface area contributed by atoms with Crippen LogP contribution in [0.3, 0.4) is 0 Å². The number of hydrogen-bond donors (Lipinski definition) is 4. The monoisotopic (exact) mass is 272 g/mol. The molecule has 0 heterocycles. The molecule has 18 heavy (non-hydrogen) atoms. The van der Waals surface area contributed by atoms with Gasteiger partial charge in [0.05, 0.1) is 17.0 Å². The van der Waals surface area contributed by atoms with Crippen LogP contribution >= 0.6 is 0 Å². The molecule has 0 bridgehead atoms. The molecule has 1 aromatic carbocycles. The van der Waals surface area contributed by atoms with Crippen molar-refractivity contribution in [3.05, 3.63) is 24.3 Å². The van der Waals surface area contributed by atoms with E-state index in [-0.39, 0.29) is 17.0 Å². The molecule has 1 fully saturated rings. The summed E-state index contributed by atoms with van der Waals surface area (Å²) in [4.78, 5) is -0.156. The Bertz CT molecular complexity index is 514. The van der Waals surface area contributed by atoms with Crippen LogP contribution < -0.4 is 11.1 Å². The number of benzene rings is 1. The highest BCUT2D eigenvalue weighted by Crippen LogP contribution is 2.23. The van der Waals surface area contributed by atoms with Crippen molar-refractivity contribution in [3.8, 4) is 0 Å². The summed E-state index contributed by atoms with van der Waals surface area (Å²) < 4.78 is 30.6. The van der Waals surface area contributed by atoms with E-state index in [1.807, 2.05) is 0 Å². The van der Waals surface area contributed by atoms with Crippen molar-refractivity contribution >= 4 is 15.8 Å². The number of nitrogens with two attached hydrogens (primary N) is 1.